The lowest BCUT2D eigenvalue weighted by Gasteiger charge is -2.29. The smallest absolute Gasteiger partial charge is 0.255 e. The Morgan fingerprint density at radius 2 is 1.62 bits per heavy atom. The summed E-state index contributed by atoms with van der Waals surface area (Å²) in [6, 6.07) is 14.6. The molecule has 0 bridgehead atoms. The van der Waals surface area contributed by atoms with E-state index in [1.165, 1.54) is 11.6 Å². The van der Waals surface area contributed by atoms with Gasteiger partial charge in [0.1, 0.15) is 0 Å². The van der Waals surface area contributed by atoms with Crippen LogP contribution in [0.25, 0.3) is 0 Å². The van der Waals surface area contributed by atoms with Crippen molar-refractivity contribution in [2.75, 3.05) is 6.54 Å². The van der Waals surface area contributed by atoms with E-state index in [2.05, 4.69) is 6.07 Å². The molecule has 0 spiro atoms. The molecule has 0 fully saturated rings. The zero-order valence-corrected chi connectivity index (χ0v) is 14.7. The summed E-state index contributed by atoms with van der Waals surface area (Å²) in [6.45, 7) is 4.39. The van der Waals surface area contributed by atoms with Crippen molar-refractivity contribution in [3.63, 3.8) is 0 Å². The number of hydrogen-bond acceptors (Lipinski definition) is 3. The fraction of sp³-hybridized carbons (Fsp3) is 0.316. The Bertz CT molecular complexity index is 872. The van der Waals surface area contributed by atoms with Crippen molar-refractivity contribution in [3.05, 3.63) is 65.2 Å². The Labute approximate surface area is 143 Å². The highest BCUT2D eigenvalue weighted by atomic mass is 32.2. The van der Waals surface area contributed by atoms with Crippen LogP contribution >= 0.6 is 0 Å². The molecule has 2 aromatic carbocycles. The van der Waals surface area contributed by atoms with Crippen LogP contribution in [-0.2, 0) is 22.8 Å². The van der Waals surface area contributed by atoms with Crippen LogP contribution in [0.15, 0.2) is 53.4 Å². The number of nitrogens with zero attached hydrogens (tertiary/aromatic N) is 1. The quantitative estimate of drug-likeness (QED) is 0.861. The van der Waals surface area contributed by atoms with Crippen LogP contribution < -0.4 is 0 Å². The summed E-state index contributed by atoms with van der Waals surface area (Å²) in [5.74, 6) is -0.218. The lowest BCUT2D eigenvalue weighted by molar-refractivity contribution is 0.0731. The SMILES string of the molecule is CC(C)S(=O)(=O)c1ccccc1C(=O)N1CCc2ccccc2C1. The first-order valence-electron chi connectivity index (χ1n) is 8.10. The van der Waals surface area contributed by atoms with E-state index in [1.54, 1.807) is 36.9 Å². The van der Waals surface area contributed by atoms with Crippen LogP contribution in [0, 0.1) is 0 Å². The predicted octanol–water partition coefficient (Wildman–Crippen LogP) is 3.07. The van der Waals surface area contributed by atoms with Gasteiger partial charge in [-0.1, -0.05) is 36.4 Å². The van der Waals surface area contributed by atoms with E-state index in [1.807, 2.05) is 18.2 Å². The Kier molecular flexibility index (Phi) is 4.45. The molecular weight excluding hydrogens is 322 g/mol. The molecule has 0 saturated carbocycles. The Morgan fingerprint density at radius 1 is 1.00 bits per heavy atom. The second kappa shape index (κ2) is 6.40. The van der Waals surface area contributed by atoms with E-state index < -0.39 is 15.1 Å². The van der Waals surface area contributed by atoms with Crippen molar-refractivity contribution < 1.29 is 13.2 Å². The number of carbonyl (C=O) groups excluding carboxylic acids is 1. The van der Waals surface area contributed by atoms with E-state index in [-0.39, 0.29) is 16.4 Å². The molecule has 126 valence electrons. The van der Waals surface area contributed by atoms with E-state index in [9.17, 15) is 13.2 Å². The maximum absolute atomic E-state index is 13.0. The fourth-order valence-corrected chi connectivity index (χ4v) is 4.22. The first-order chi connectivity index (χ1) is 11.4. The van der Waals surface area contributed by atoms with E-state index in [0.717, 1.165) is 12.0 Å². The predicted molar refractivity (Wildman–Crippen MR) is 93.7 cm³/mol. The highest BCUT2D eigenvalue weighted by Crippen LogP contribution is 2.25. The minimum absolute atomic E-state index is 0.129. The molecule has 4 nitrogen and oxygen atoms in total. The standard InChI is InChI=1S/C19H21NO3S/c1-14(2)24(22,23)18-10-6-5-9-17(18)19(21)20-12-11-15-7-3-4-8-16(15)13-20/h3-10,14H,11-13H2,1-2H3. The summed E-state index contributed by atoms with van der Waals surface area (Å²) in [7, 11) is -3.50. The van der Waals surface area contributed by atoms with Gasteiger partial charge in [0.25, 0.3) is 5.91 Å². The molecular formula is C19H21NO3S. The third-order valence-electron chi connectivity index (χ3n) is 4.46. The number of carbonyl (C=O) groups is 1. The number of amides is 1. The second-order valence-electron chi connectivity index (χ2n) is 6.34. The molecule has 5 heteroatoms. The maximum Gasteiger partial charge on any atom is 0.255 e. The number of hydrogen-bond donors (Lipinski definition) is 0. The Morgan fingerprint density at radius 3 is 2.33 bits per heavy atom. The van der Waals surface area contributed by atoms with Crippen LogP contribution in [0.5, 0.6) is 0 Å². The topological polar surface area (TPSA) is 54.5 Å². The van der Waals surface area contributed by atoms with Gasteiger partial charge in [0.05, 0.1) is 15.7 Å². The van der Waals surface area contributed by atoms with Gasteiger partial charge in [-0.15, -0.1) is 0 Å². The molecule has 0 N–H and O–H groups in total. The average Bonchev–Trinajstić information content (AvgIpc) is 2.60. The third-order valence-corrected chi connectivity index (χ3v) is 6.67. The second-order valence-corrected chi connectivity index (χ2v) is 8.81. The number of benzene rings is 2. The van der Waals surface area contributed by atoms with Gasteiger partial charge in [-0.25, -0.2) is 8.42 Å². The minimum atomic E-state index is -3.50. The minimum Gasteiger partial charge on any atom is -0.334 e. The first kappa shape index (κ1) is 16.7. The summed E-state index contributed by atoms with van der Waals surface area (Å²) in [4.78, 5) is 14.8. The average molecular weight is 343 g/mol. The van der Waals surface area contributed by atoms with Crippen molar-refractivity contribution in [3.8, 4) is 0 Å². The summed E-state index contributed by atoms with van der Waals surface area (Å²) in [5.41, 5.74) is 2.65. The van der Waals surface area contributed by atoms with Crippen molar-refractivity contribution in [2.45, 2.75) is 37.0 Å². The van der Waals surface area contributed by atoms with Gasteiger partial charge < -0.3 is 4.90 Å². The summed E-state index contributed by atoms with van der Waals surface area (Å²) < 4.78 is 25.1. The van der Waals surface area contributed by atoms with Crippen molar-refractivity contribution in [1.82, 2.24) is 4.90 Å². The third kappa shape index (κ3) is 2.96. The number of sulfone groups is 1. The largest absolute Gasteiger partial charge is 0.334 e. The summed E-state index contributed by atoms with van der Waals surface area (Å²) in [5, 5.41) is -0.562. The molecule has 1 amide bonds. The highest BCUT2D eigenvalue weighted by Gasteiger charge is 2.28. The molecule has 0 unspecified atom stereocenters. The fourth-order valence-electron chi connectivity index (χ4n) is 2.98. The number of fused-ring (bicyclic) bond motifs is 1. The van der Waals surface area contributed by atoms with E-state index >= 15 is 0 Å². The molecule has 1 heterocycles. The lowest BCUT2D eigenvalue weighted by atomic mass is 9.99. The molecule has 1 aliphatic rings. The van der Waals surface area contributed by atoms with Gasteiger partial charge in [0, 0.05) is 13.1 Å². The lowest BCUT2D eigenvalue weighted by Crippen LogP contribution is -2.36. The summed E-state index contributed by atoms with van der Waals surface area (Å²) >= 11 is 0. The molecule has 3 rings (SSSR count). The monoisotopic (exact) mass is 343 g/mol. The zero-order valence-electron chi connectivity index (χ0n) is 13.9. The molecule has 0 saturated heterocycles. The Hall–Kier alpha value is -2.14. The van der Waals surface area contributed by atoms with Gasteiger partial charge >= 0.3 is 0 Å². The van der Waals surface area contributed by atoms with Crippen molar-refractivity contribution >= 4 is 15.7 Å². The zero-order chi connectivity index (χ0) is 17.3. The van der Waals surface area contributed by atoms with Gasteiger partial charge in [-0.3, -0.25) is 4.79 Å². The molecule has 0 atom stereocenters. The van der Waals surface area contributed by atoms with Gasteiger partial charge in [-0.2, -0.15) is 0 Å². The molecule has 0 aliphatic carbocycles. The van der Waals surface area contributed by atoms with Crippen LogP contribution in [-0.4, -0.2) is 31.0 Å². The molecule has 1 aliphatic heterocycles. The van der Waals surface area contributed by atoms with Crippen LogP contribution in [0.1, 0.15) is 35.3 Å². The maximum atomic E-state index is 13.0. The Balaban J connectivity index is 1.95. The normalized spacial score (nSPS) is 14.5. The molecule has 0 aromatic heterocycles. The van der Waals surface area contributed by atoms with Crippen LogP contribution in [0.4, 0.5) is 0 Å². The molecule has 0 radical (unpaired) electrons. The van der Waals surface area contributed by atoms with E-state index in [4.69, 9.17) is 0 Å². The van der Waals surface area contributed by atoms with Gasteiger partial charge in [-0.05, 0) is 43.5 Å². The number of rotatable bonds is 3. The van der Waals surface area contributed by atoms with Crippen molar-refractivity contribution in [1.29, 1.82) is 0 Å². The van der Waals surface area contributed by atoms with Gasteiger partial charge in [0.2, 0.25) is 0 Å². The van der Waals surface area contributed by atoms with Crippen molar-refractivity contribution in [2.24, 2.45) is 0 Å². The van der Waals surface area contributed by atoms with E-state index in [0.29, 0.717) is 13.1 Å². The van der Waals surface area contributed by atoms with Crippen LogP contribution in [0.2, 0.25) is 0 Å². The van der Waals surface area contributed by atoms with Crippen LogP contribution in [0.3, 0.4) is 0 Å². The van der Waals surface area contributed by atoms with Gasteiger partial charge in [0.15, 0.2) is 9.84 Å². The summed E-state index contributed by atoms with van der Waals surface area (Å²) in [6.07, 6.45) is 0.793. The highest BCUT2D eigenvalue weighted by molar-refractivity contribution is 7.92. The molecule has 24 heavy (non-hydrogen) atoms. The first-order valence-corrected chi connectivity index (χ1v) is 9.65. The molecule has 2 aromatic rings.